The third-order valence-electron chi connectivity index (χ3n) is 6.18. The Morgan fingerprint density at radius 1 is 1.07 bits per heavy atom. The lowest BCUT2D eigenvalue weighted by Crippen LogP contribution is -2.33. The molecule has 160 valence electrons. The molecule has 1 amide bonds. The lowest BCUT2D eigenvalue weighted by atomic mass is 9.87. The van der Waals surface area contributed by atoms with Crippen LogP contribution in [0.5, 0.6) is 0 Å². The topological polar surface area (TPSA) is 60.9 Å². The second kappa shape index (κ2) is 10.9. The van der Waals surface area contributed by atoms with E-state index in [1.165, 1.54) is 49.0 Å². The SMILES string of the molecule is CN(C(=O)c1ccc(CN2CCCCC2)cc1)C1CCCc2ccccc21.O=CO. The molecular formula is C25H32N2O3. The fraction of sp³-hybridized carbons (Fsp3) is 0.440. The largest absolute Gasteiger partial charge is 0.483 e. The molecule has 0 radical (unpaired) electrons. The molecule has 0 spiro atoms. The highest BCUT2D eigenvalue weighted by Gasteiger charge is 2.27. The number of hydrogen-bond donors (Lipinski definition) is 1. The van der Waals surface area contributed by atoms with E-state index in [0.717, 1.165) is 31.4 Å². The van der Waals surface area contributed by atoms with Crippen LogP contribution < -0.4 is 0 Å². The highest BCUT2D eigenvalue weighted by Crippen LogP contribution is 2.34. The van der Waals surface area contributed by atoms with Gasteiger partial charge in [0.05, 0.1) is 6.04 Å². The summed E-state index contributed by atoms with van der Waals surface area (Å²) in [7, 11) is 1.96. The van der Waals surface area contributed by atoms with Crippen LogP contribution in [0.4, 0.5) is 0 Å². The van der Waals surface area contributed by atoms with Crippen LogP contribution in [0.1, 0.15) is 65.2 Å². The molecule has 0 saturated carbocycles. The summed E-state index contributed by atoms with van der Waals surface area (Å²) >= 11 is 0. The molecule has 1 saturated heterocycles. The maximum absolute atomic E-state index is 13.1. The van der Waals surface area contributed by atoms with E-state index in [1.807, 2.05) is 24.1 Å². The molecule has 1 heterocycles. The predicted octanol–water partition coefficient (Wildman–Crippen LogP) is 4.52. The Labute approximate surface area is 179 Å². The van der Waals surface area contributed by atoms with Crippen molar-refractivity contribution >= 4 is 12.4 Å². The van der Waals surface area contributed by atoms with Gasteiger partial charge in [0.25, 0.3) is 12.4 Å². The average molecular weight is 409 g/mol. The van der Waals surface area contributed by atoms with E-state index in [-0.39, 0.29) is 18.4 Å². The molecule has 1 fully saturated rings. The maximum atomic E-state index is 13.1. The van der Waals surface area contributed by atoms with Gasteiger partial charge in [0.2, 0.25) is 0 Å². The van der Waals surface area contributed by atoms with Crippen molar-refractivity contribution < 1.29 is 14.7 Å². The van der Waals surface area contributed by atoms with E-state index in [9.17, 15) is 4.79 Å². The molecule has 5 nitrogen and oxygen atoms in total. The third kappa shape index (κ3) is 5.48. The standard InChI is InChI=1S/C24H30N2O.CH2O2/c1-25(23-11-7-9-20-8-3-4-10-22(20)23)24(27)21-14-12-19(13-15-21)18-26-16-5-2-6-17-26;2-1-3/h3-4,8,10,12-15,23H,2,5-7,9,11,16-18H2,1H3;1H,(H,2,3). The molecule has 1 unspecified atom stereocenters. The molecule has 0 bridgehead atoms. The molecule has 2 aromatic rings. The summed E-state index contributed by atoms with van der Waals surface area (Å²) < 4.78 is 0. The molecular weight excluding hydrogens is 376 g/mol. The first kappa shape index (κ1) is 22.0. The zero-order valence-electron chi connectivity index (χ0n) is 17.8. The molecule has 30 heavy (non-hydrogen) atoms. The Kier molecular flexibility index (Phi) is 8.03. The molecule has 4 rings (SSSR count). The van der Waals surface area contributed by atoms with Gasteiger partial charge in [-0.1, -0.05) is 42.8 Å². The highest BCUT2D eigenvalue weighted by atomic mass is 16.3. The third-order valence-corrected chi connectivity index (χ3v) is 6.18. The van der Waals surface area contributed by atoms with Gasteiger partial charge in [-0.05, 0) is 74.0 Å². The first-order valence-corrected chi connectivity index (χ1v) is 10.9. The minimum Gasteiger partial charge on any atom is -0.483 e. The van der Waals surface area contributed by atoms with Gasteiger partial charge in [-0.15, -0.1) is 0 Å². The lowest BCUT2D eigenvalue weighted by molar-refractivity contribution is -0.122. The predicted molar refractivity (Wildman–Crippen MR) is 118 cm³/mol. The Balaban J connectivity index is 0.000000806. The van der Waals surface area contributed by atoms with E-state index in [4.69, 9.17) is 9.90 Å². The van der Waals surface area contributed by atoms with Gasteiger partial charge in [0.15, 0.2) is 0 Å². The van der Waals surface area contributed by atoms with Crippen LogP contribution >= 0.6 is 0 Å². The number of carbonyl (C=O) groups is 2. The molecule has 1 aliphatic heterocycles. The van der Waals surface area contributed by atoms with Gasteiger partial charge in [0.1, 0.15) is 0 Å². The fourth-order valence-electron chi connectivity index (χ4n) is 4.60. The molecule has 2 aromatic carbocycles. The highest BCUT2D eigenvalue weighted by molar-refractivity contribution is 5.94. The Morgan fingerprint density at radius 2 is 1.73 bits per heavy atom. The molecule has 1 N–H and O–H groups in total. The number of hydrogen-bond acceptors (Lipinski definition) is 3. The number of piperidine rings is 1. The van der Waals surface area contributed by atoms with Crippen LogP contribution in [-0.4, -0.2) is 47.4 Å². The number of benzene rings is 2. The summed E-state index contributed by atoms with van der Waals surface area (Å²) in [5, 5.41) is 6.89. The summed E-state index contributed by atoms with van der Waals surface area (Å²) in [4.78, 5) is 25.9. The Morgan fingerprint density at radius 3 is 2.43 bits per heavy atom. The monoisotopic (exact) mass is 408 g/mol. The molecule has 5 heteroatoms. The second-order valence-electron chi connectivity index (χ2n) is 8.16. The first-order valence-electron chi connectivity index (χ1n) is 10.9. The molecule has 1 aliphatic carbocycles. The summed E-state index contributed by atoms with van der Waals surface area (Å²) in [6, 6.07) is 17.0. The van der Waals surface area contributed by atoms with E-state index in [0.29, 0.717) is 0 Å². The van der Waals surface area contributed by atoms with Crippen molar-refractivity contribution in [2.45, 2.75) is 51.1 Å². The average Bonchev–Trinajstić information content (AvgIpc) is 2.79. The van der Waals surface area contributed by atoms with Gasteiger partial charge in [0, 0.05) is 19.2 Å². The summed E-state index contributed by atoms with van der Waals surface area (Å²) in [6.45, 7) is 3.15. The van der Waals surface area contributed by atoms with Crippen molar-refractivity contribution in [2.75, 3.05) is 20.1 Å². The van der Waals surface area contributed by atoms with Crippen molar-refractivity contribution in [1.82, 2.24) is 9.80 Å². The number of amides is 1. The molecule has 2 aliphatic rings. The number of carbonyl (C=O) groups excluding carboxylic acids is 1. The van der Waals surface area contributed by atoms with Crippen LogP contribution in [0.15, 0.2) is 48.5 Å². The normalized spacial score (nSPS) is 18.5. The number of nitrogens with zero attached hydrogens (tertiary/aromatic N) is 2. The number of fused-ring (bicyclic) bond motifs is 1. The minimum absolute atomic E-state index is 0.126. The van der Waals surface area contributed by atoms with Crippen LogP contribution in [0, 0.1) is 0 Å². The Bertz CT molecular complexity index is 829. The van der Waals surface area contributed by atoms with Gasteiger partial charge in [-0.2, -0.15) is 0 Å². The summed E-state index contributed by atoms with van der Waals surface area (Å²) in [5.74, 6) is 0.126. The van der Waals surface area contributed by atoms with E-state index in [1.54, 1.807) is 0 Å². The van der Waals surface area contributed by atoms with E-state index >= 15 is 0 Å². The fourth-order valence-corrected chi connectivity index (χ4v) is 4.60. The Hall–Kier alpha value is -2.66. The summed E-state index contributed by atoms with van der Waals surface area (Å²) in [5.41, 5.74) is 4.81. The van der Waals surface area contributed by atoms with E-state index in [2.05, 4.69) is 41.3 Å². The smallest absolute Gasteiger partial charge is 0.290 e. The van der Waals surface area contributed by atoms with Crippen molar-refractivity contribution in [3.8, 4) is 0 Å². The van der Waals surface area contributed by atoms with Crippen molar-refractivity contribution in [2.24, 2.45) is 0 Å². The van der Waals surface area contributed by atoms with Gasteiger partial charge in [-0.25, -0.2) is 0 Å². The van der Waals surface area contributed by atoms with Crippen LogP contribution in [0.3, 0.4) is 0 Å². The number of carboxylic acid groups (broad SMARTS) is 1. The zero-order chi connectivity index (χ0) is 21.3. The molecule has 0 aromatic heterocycles. The molecule has 1 atom stereocenters. The van der Waals surface area contributed by atoms with Gasteiger partial charge < -0.3 is 10.0 Å². The summed E-state index contributed by atoms with van der Waals surface area (Å²) in [6.07, 6.45) is 7.30. The quantitative estimate of drug-likeness (QED) is 0.756. The van der Waals surface area contributed by atoms with Crippen molar-refractivity contribution in [3.05, 3.63) is 70.8 Å². The zero-order valence-corrected chi connectivity index (χ0v) is 17.8. The second-order valence-corrected chi connectivity index (χ2v) is 8.16. The van der Waals surface area contributed by atoms with Gasteiger partial charge >= 0.3 is 0 Å². The van der Waals surface area contributed by atoms with Crippen LogP contribution in [-0.2, 0) is 17.8 Å². The van der Waals surface area contributed by atoms with Crippen LogP contribution in [0.25, 0.3) is 0 Å². The van der Waals surface area contributed by atoms with Crippen LogP contribution in [0.2, 0.25) is 0 Å². The van der Waals surface area contributed by atoms with Gasteiger partial charge in [-0.3, -0.25) is 14.5 Å². The van der Waals surface area contributed by atoms with E-state index < -0.39 is 0 Å². The lowest BCUT2D eigenvalue weighted by Gasteiger charge is -2.33. The number of aryl methyl sites for hydroxylation is 1. The minimum atomic E-state index is -0.250. The van der Waals surface area contributed by atoms with Crippen molar-refractivity contribution in [3.63, 3.8) is 0 Å². The first-order chi connectivity index (χ1) is 14.6. The number of rotatable bonds is 4. The van der Waals surface area contributed by atoms with Crippen molar-refractivity contribution in [1.29, 1.82) is 0 Å². The number of likely N-dealkylation sites (tertiary alicyclic amines) is 1. The maximum Gasteiger partial charge on any atom is 0.290 e.